The summed E-state index contributed by atoms with van der Waals surface area (Å²) in [5.41, 5.74) is 0.325. The third-order valence-corrected chi connectivity index (χ3v) is 6.29. The van der Waals surface area contributed by atoms with Crippen LogP contribution in [-0.4, -0.2) is 64.6 Å². The number of rotatable bonds is 3. The lowest BCUT2D eigenvalue weighted by molar-refractivity contribution is 0.116. The van der Waals surface area contributed by atoms with E-state index in [0.29, 0.717) is 18.2 Å². The molecule has 0 radical (unpaired) electrons. The van der Waals surface area contributed by atoms with Gasteiger partial charge in [0.05, 0.1) is 12.8 Å². The van der Waals surface area contributed by atoms with Gasteiger partial charge in [-0.25, -0.2) is 8.42 Å². The number of nitrogens with zero attached hydrogens (tertiary/aromatic N) is 3. The van der Waals surface area contributed by atoms with E-state index in [0.717, 1.165) is 25.9 Å². The number of aliphatic hydroxyl groups excluding tert-OH is 1. The van der Waals surface area contributed by atoms with Gasteiger partial charge in [0.2, 0.25) is 0 Å². The summed E-state index contributed by atoms with van der Waals surface area (Å²) in [5.74, 6) is 0. The normalized spacial score (nSPS) is 28.7. The van der Waals surface area contributed by atoms with Crippen LogP contribution in [0.3, 0.4) is 0 Å². The Hall–Kier alpha value is -0.960. The van der Waals surface area contributed by atoms with E-state index in [4.69, 9.17) is 0 Å². The Kier molecular flexibility index (Phi) is 3.57. The lowest BCUT2D eigenvalue weighted by Crippen LogP contribution is -2.56. The fourth-order valence-corrected chi connectivity index (χ4v) is 5.01. The Balaban J connectivity index is 1.91. The molecule has 2 aliphatic heterocycles. The maximum Gasteiger partial charge on any atom is 0.260 e. The molecule has 1 aromatic heterocycles. The number of aliphatic hydroxyl groups is 1. The number of hydrogen-bond acceptors (Lipinski definition) is 5. The van der Waals surface area contributed by atoms with Crippen LogP contribution in [0, 0.1) is 0 Å². The third-order valence-electron chi connectivity index (χ3n) is 4.30. The van der Waals surface area contributed by atoms with Crippen molar-refractivity contribution in [3.63, 3.8) is 0 Å². The van der Waals surface area contributed by atoms with Crippen molar-refractivity contribution in [1.29, 1.82) is 0 Å². The van der Waals surface area contributed by atoms with Gasteiger partial charge in [-0.1, -0.05) is 0 Å². The van der Waals surface area contributed by atoms with E-state index >= 15 is 0 Å². The van der Waals surface area contributed by atoms with Gasteiger partial charge >= 0.3 is 0 Å². The summed E-state index contributed by atoms with van der Waals surface area (Å²) in [6.45, 7) is 3.96. The van der Waals surface area contributed by atoms with E-state index in [1.54, 1.807) is 4.31 Å². The zero-order valence-corrected chi connectivity index (χ0v) is 12.3. The van der Waals surface area contributed by atoms with Gasteiger partial charge in [-0.2, -0.15) is 9.40 Å². The Morgan fingerprint density at radius 3 is 3.05 bits per heavy atom. The predicted octanol–water partition coefficient (Wildman–Crippen LogP) is -0.241. The molecule has 0 spiro atoms. The molecular weight excluding hydrogens is 280 g/mol. The van der Waals surface area contributed by atoms with Crippen molar-refractivity contribution in [3.05, 3.63) is 11.8 Å². The molecule has 20 heavy (non-hydrogen) atoms. The van der Waals surface area contributed by atoms with Crippen molar-refractivity contribution in [2.24, 2.45) is 0 Å². The van der Waals surface area contributed by atoms with E-state index in [1.165, 1.54) is 6.20 Å². The van der Waals surface area contributed by atoms with Gasteiger partial charge in [-0.3, -0.25) is 10.00 Å². The summed E-state index contributed by atoms with van der Waals surface area (Å²) in [6, 6.07) is 0.255. The highest BCUT2D eigenvalue weighted by molar-refractivity contribution is 7.89. The molecule has 0 aromatic carbocycles. The van der Waals surface area contributed by atoms with Crippen LogP contribution in [0.4, 0.5) is 0 Å². The molecule has 0 aliphatic carbocycles. The monoisotopic (exact) mass is 300 g/mol. The molecule has 0 amide bonds. The Morgan fingerprint density at radius 1 is 1.50 bits per heavy atom. The molecule has 2 saturated heterocycles. The molecule has 7 nitrogen and oxygen atoms in total. The van der Waals surface area contributed by atoms with Gasteiger partial charge in [0.15, 0.2) is 5.03 Å². The van der Waals surface area contributed by atoms with Crippen molar-refractivity contribution >= 4 is 10.0 Å². The van der Waals surface area contributed by atoms with Gasteiger partial charge in [0.25, 0.3) is 10.0 Å². The number of fused-ring (bicyclic) bond motifs is 1. The van der Waals surface area contributed by atoms with Crippen LogP contribution in [0.1, 0.15) is 25.3 Å². The summed E-state index contributed by atoms with van der Waals surface area (Å²) in [5, 5.41) is 15.5. The lowest BCUT2D eigenvalue weighted by atomic mass is 10.1. The highest BCUT2D eigenvalue weighted by Crippen LogP contribution is 2.29. The molecule has 0 bridgehead atoms. The summed E-state index contributed by atoms with van der Waals surface area (Å²) in [6.07, 6.45) is 3.55. The van der Waals surface area contributed by atoms with Crippen molar-refractivity contribution in [2.45, 2.75) is 43.5 Å². The molecule has 3 heterocycles. The fraction of sp³-hybridized carbons (Fsp3) is 0.750. The number of aromatic nitrogens is 2. The fourth-order valence-electron chi connectivity index (χ4n) is 3.25. The van der Waals surface area contributed by atoms with Crippen LogP contribution < -0.4 is 0 Å². The summed E-state index contributed by atoms with van der Waals surface area (Å²) in [7, 11) is -3.62. The Labute approximate surface area is 118 Å². The molecular formula is C12H20N4O3S. The number of hydrogen-bond donors (Lipinski definition) is 2. The van der Waals surface area contributed by atoms with E-state index in [-0.39, 0.29) is 17.7 Å². The second kappa shape index (κ2) is 5.10. The van der Waals surface area contributed by atoms with E-state index < -0.39 is 10.0 Å². The highest BCUT2D eigenvalue weighted by Gasteiger charge is 2.41. The van der Waals surface area contributed by atoms with Gasteiger partial charge in [0, 0.05) is 30.7 Å². The third kappa shape index (κ3) is 2.16. The number of H-pyrrole nitrogens is 1. The minimum Gasteiger partial charge on any atom is -0.392 e. The first-order chi connectivity index (χ1) is 9.54. The lowest BCUT2D eigenvalue weighted by Gasteiger charge is -2.41. The maximum atomic E-state index is 12.8. The minimum absolute atomic E-state index is 0.0262. The number of aromatic amines is 1. The molecule has 3 rings (SSSR count). The number of piperazine rings is 1. The van der Waals surface area contributed by atoms with Gasteiger partial charge < -0.3 is 5.11 Å². The van der Waals surface area contributed by atoms with Gasteiger partial charge in [-0.15, -0.1) is 0 Å². The summed E-state index contributed by atoms with van der Waals surface area (Å²) in [4.78, 5) is 2.37. The smallest absolute Gasteiger partial charge is 0.260 e. The molecule has 2 unspecified atom stereocenters. The van der Waals surface area contributed by atoms with Crippen molar-refractivity contribution < 1.29 is 13.5 Å². The van der Waals surface area contributed by atoms with Crippen LogP contribution in [0.25, 0.3) is 0 Å². The van der Waals surface area contributed by atoms with Crippen LogP contribution >= 0.6 is 0 Å². The predicted molar refractivity (Wildman–Crippen MR) is 72.5 cm³/mol. The van der Waals surface area contributed by atoms with Crippen molar-refractivity contribution in [3.8, 4) is 0 Å². The number of sulfonamides is 1. The molecule has 1 aromatic rings. The minimum atomic E-state index is -3.62. The number of nitrogens with one attached hydrogen (secondary N) is 1. The second-order valence-electron chi connectivity index (χ2n) is 5.60. The Morgan fingerprint density at radius 2 is 2.30 bits per heavy atom. The van der Waals surface area contributed by atoms with Crippen molar-refractivity contribution in [1.82, 2.24) is 19.4 Å². The zero-order chi connectivity index (χ0) is 14.3. The summed E-state index contributed by atoms with van der Waals surface area (Å²) >= 11 is 0. The van der Waals surface area contributed by atoms with Crippen molar-refractivity contribution in [2.75, 3.05) is 19.6 Å². The average Bonchev–Trinajstić information content (AvgIpc) is 3.05. The second-order valence-corrected chi connectivity index (χ2v) is 7.42. The molecule has 112 valence electrons. The summed E-state index contributed by atoms with van der Waals surface area (Å²) < 4.78 is 27.1. The average molecular weight is 300 g/mol. The van der Waals surface area contributed by atoms with E-state index in [2.05, 4.69) is 15.1 Å². The van der Waals surface area contributed by atoms with Crippen LogP contribution in [0.15, 0.2) is 11.2 Å². The van der Waals surface area contributed by atoms with E-state index in [1.807, 2.05) is 6.92 Å². The first-order valence-electron chi connectivity index (χ1n) is 6.93. The van der Waals surface area contributed by atoms with Crippen LogP contribution in [-0.2, 0) is 16.6 Å². The molecule has 0 saturated carbocycles. The first kappa shape index (κ1) is 14.0. The Bertz CT molecular complexity index is 585. The molecule has 8 heteroatoms. The quantitative estimate of drug-likeness (QED) is 0.804. The SMILES string of the molecule is CC1CN2CCCC2CN1S(=O)(=O)c1[nH]ncc1CO. The van der Waals surface area contributed by atoms with Crippen LogP contribution in [0.5, 0.6) is 0 Å². The van der Waals surface area contributed by atoms with Gasteiger partial charge in [0.1, 0.15) is 0 Å². The molecule has 2 fully saturated rings. The van der Waals surface area contributed by atoms with Gasteiger partial charge in [-0.05, 0) is 26.3 Å². The standard InChI is InChI=1S/C12H20N4O3S/c1-9-6-15-4-2-3-11(15)7-16(9)20(18,19)12-10(8-17)5-13-14-12/h5,9,11,17H,2-4,6-8H2,1H3,(H,13,14). The van der Waals surface area contributed by atoms with Crippen LogP contribution in [0.2, 0.25) is 0 Å². The molecule has 2 atom stereocenters. The maximum absolute atomic E-state index is 12.8. The largest absolute Gasteiger partial charge is 0.392 e. The zero-order valence-electron chi connectivity index (χ0n) is 11.5. The molecule has 2 aliphatic rings. The highest BCUT2D eigenvalue weighted by atomic mass is 32.2. The first-order valence-corrected chi connectivity index (χ1v) is 8.37. The topological polar surface area (TPSA) is 89.5 Å². The van der Waals surface area contributed by atoms with E-state index in [9.17, 15) is 13.5 Å². The molecule has 2 N–H and O–H groups in total.